The SMILES string of the molecule is CCN(C)C(=O)CNC(=O)C1=NNC(=O)CC1. The average Bonchev–Trinajstić information content (AvgIpc) is 2.35. The van der Waals surface area contributed by atoms with Crippen LogP contribution in [0.2, 0.25) is 0 Å². The first kappa shape index (κ1) is 13.1. The van der Waals surface area contributed by atoms with E-state index in [4.69, 9.17) is 0 Å². The van der Waals surface area contributed by atoms with Crippen molar-refractivity contribution in [2.45, 2.75) is 19.8 Å². The number of nitrogens with zero attached hydrogens (tertiary/aromatic N) is 2. The van der Waals surface area contributed by atoms with E-state index in [1.165, 1.54) is 4.90 Å². The quantitative estimate of drug-likeness (QED) is 0.650. The van der Waals surface area contributed by atoms with Crippen molar-refractivity contribution in [3.8, 4) is 0 Å². The predicted octanol–water partition coefficient (Wildman–Crippen LogP) is -1.15. The fourth-order valence-corrected chi connectivity index (χ4v) is 1.21. The van der Waals surface area contributed by atoms with Gasteiger partial charge in [-0.05, 0) is 6.92 Å². The van der Waals surface area contributed by atoms with E-state index in [0.29, 0.717) is 13.0 Å². The molecule has 7 heteroatoms. The minimum absolute atomic E-state index is 0.0594. The molecular formula is C10H16N4O3. The zero-order valence-corrected chi connectivity index (χ0v) is 9.95. The Morgan fingerprint density at radius 1 is 1.47 bits per heavy atom. The number of hydrogen-bond donors (Lipinski definition) is 2. The molecule has 0 atom stereocenters. The molecule has 0 unspecified atom stereocenters. The van der Waals surface area contributed by atoms with E-state index >= 15 is 0 Å². The van der Waals surface area contributed by atoms with Crippen molar-refractivity contribution in [2.24, 2.45) is 5.10 Å². The lowest BCUT2D eigenvalue weighted by molar-refractivity contribution is -0.130. The monoisotopic (exact) mass is 240 g/mol. The first-order valence-corrected chi connectivity index (χ1v) is 5.42. The highest BCUT2D eigenvalue weighted by Crippen LogP contribution is 1.99. The highest BCUT2D eigenvalue weighted by Gasteiger charge is 2.18. The molecule has 1 aliphatic heterocycles. The van der Waals surface area contributed by atoms with Gasteiger partial charge in [0.05, 0.1) is 6.54 Å². The number of carbonyl (C=O) groups is 3. The molecule has 0 radical (unpaired) electrons. The minimum atomic E-state index is -0.414. The summed E-state index contributed by atoms with van der Waals surface area (Å²) in [6.45, 7) is 2.38. The molecule has 7 nitrogen and oxygen atoms in total. The molecule has 2 N–H and O–H groups in total. The van der Waals surface area contributed by atoms with Crippen molar-refractivity contribution < 1.29 is 14.4 Å². The summed E-state index contributed by atoms with van der Waals surface area (Å²) in [4.78, 5) is 35.3. The van der Waals surface area contributed by atoms with Crippen molar-refractivity contribution in [3.63, 3.8) is 0 Å². The van der Waals surface area contributed by atoms with Crippen molar-refractivity contribution >= 4 is 23.4 Å². The lowest BCUT2D eigenvalue weighted by atomic mass is 10.1. The van der Waals surface area contributed by atoms with Gasteiger partial charge in [-0.25, -0.2) is 5.43 Å². The molecule has 0 aromatic heterocycles. The lowest BCUT2D eigenvalue weighted by Crippen LogP contribution is -2.42. The van der Waals surface area contributed by atoms with Crippen LogP contribution in [0, 0.1) is 0 Å². The maximum atomic E-state index is 11.6. The van der Waals surface area contributed by atoms with Gasteiger partial charge in [-0.3, -0.25) is 14.4 Å². The molecule has 0 bridgehead atoms. The molecule has 0 spiro atoms. The van der Waals surface area contributed by atoms with Gasteiger partial charge in [0, 0.05) is 26.4 Å². The fraction of sp³-hybridized carbons (Fsp3) is 0.600. The van der Waals surface area contributed by atoms with Crippen LogP contribution in [-0.4, -0.2) is 48.5 Å². The van der Waals surface area contributed by atoms with Crippen molar-refractivity contribution in [3.05, 3.63) is 0 Å². The predicted molar refractivity (Wildman–Crippen MR) is 61.1 cm³/mol. The van der Waals surface area contributed by atoms with E-state index in [-0.39, 0.29) is 30.5 Å². The summed E-state index contributed by atoms with van der Waals surface area (Å²) in [6.07, 6.45) is 0.546. The Balaban J connectivity index is 2.40. The fourth-order valence-electron chi connectivity index (χ4n) is 1.21. The van der Waals surface area contributed by atoms with Gasteiger partial charge in [-0.1, -0.05) is 0 Å². The van der Waals surface area contributed by atoms with Gasteiger partial charge < -0.3 is 10.2 Å². The Kier molecular flexibility index (Phi) is 4.62. The van der Waals surface area contributed by atoms with Crippen LogP contribution in [0.1, 0.15) is 19.8 Å². The second-order valence-electron chi connectivity index (χ2n) is 3.68. The van der Waals surface area contributed by atoms with Gasteiger partial charge in [0.1, 0.15) is 5.71 Å². The summed E-state index contributed by atoms with van der Waals surface area (Å²) in [5, 5.41) is 6.10. The Bertz CT molecular complexity index is 365. The molecule has 3 amide bonds. The minimum Gasteiger partial charge on any atom is -0.345 e. The molecular weight excluding hydrogens is 224 g/mol. The molecule has 1 aliphatic rings. The van der Waals surface area contributed by atoms with E-state index < -0.39 is 5.91 Å². The molecule has 0 saturated carbocycles. The Labute approximate surface area is 99.2 Å². The molecule has 94 valence electrons. The lowest BCUT2D eigenvalue weighted by Gasteiger charge is -2.15. The van der Waals surface area contributed by atoms with Crippen LogP contribution in [0.15, 0.2) is 5.10 Å². The van der Waals surface area contributed by atoms with Gasteiger partial charge in [0.15, 0.2) is 0 Å². The second-order valence-corrected chi connectivity index (χ2v) is 3.68. The molecule has 0 aliphatic carbocycles. The standard InChI is InChI=1S/C10H16N4O3/c1-3-14(2)9(16)6-11-10(17)7-4-5-8(15)13-12-7/h3-6H2,1-2H3,(H,11,17)(H,13,15). The van der Waals surface area contributed by atoms with Crippen LogP contribution in [-0.2, 0) is 14.4 Å². The zero-order valence-electron chi connectivity index (χ0n) is 9.95. The third-order valence-corrected chi connectivity index (χ3v) is 2.47. The smallest absolute Gasteiger partial charge is 0.267 e. The average molecular weight is 240 g/mol. The molecule has 0 saturated heterocycles. The van der Waals surface area contributed by atoms with E-state index in [1.54, 1.807) is 7.05 Å². The van der Waals surface area contributed by atoms with Crippen LogP contribution in [0.4, 0.5) is 0 Å². The van der Waals surface area contributed by atoms with Crippen LogP contribution >= 0.6 is 0 Å². The van der Waals surface area contributed by atoms with Crippen LogP contribution < -0.4 is 10.7 Å². The Morgan fingerprint density at radius 3 is 2.71 bits per heavy atom. The summed E-state index contributed by atoms with van der Waals surface area (Å²) < 4.78 is 0. The third kappa shape index (κ3) is 3.86. The Morgan fingerprint density at radius 2 is 2.18 bits per heavy atom. The first-order chi connectivity index (χ1) is 8.04. The van der Waals surface area contributed by atoms with Crippen molar-refractivity contribution in [1.82, 2.24) is 15.6 Å². The molecule has 0 aromatic carbocycles. The number of likely N-dealkylation sites (N-methyl/N-ethyl adjacent to an activating group) is 1. The number of amides is 3. The molecule has 0 aromatic rings. The first-order valence-electron chi connectivity index (χ1n) is 5.42. The van der Waals surface area contributed by atoms with E-state index in [9.17, 15) is 14.4 Å². The normalized spacial score (nSPS) is 14.7. The van der Waals surface area contributed by atoms with Crippen molar-refractivity contribution in [2.75, 3.05) is 20.1 Å². The summed E-state index contributed by atoms with van der Waals surface area (Å²) in [5.74, 6) is -0.785. The van der Waals surface area contributed by atoms with Crippen LogP contribution in [0.3, 0.4) is 0 Å². The highest BCUT2D eigenvalue weighted by atomic mass is 16.2. The van der Waals surface area contributed by atoms with E-state index in [1.807, 2.05) is 6.92 Å². The molecule has 1 rings (SSSR count). The van der Waals surface area contributed by atoms with Gasteiger partial charge in [-0.2, -0.15) is 5.10 Å². The van der Waals surface area contributed by atoms with E-state index in [0.717, 1.165) is 0 Å². The summed E-state index contributed by atoms with van der Waals surface area (Å²) in [5.41, 5.74) is 2.47. The molecule has 0 fully saturated rings. The van der Waals surface area contributed by atoms with Crippen LogP contribution in [0.25, 0.3) is 0 Å². The summed E-state index contributed by atoms with van der Waals surface area (Å²) in [7, 11) is 1.66. The maximum absolute atomic E-state index is 11.6. The number of hydrazone groups is 1. The largest absolute Gasteiger partial charge is 0.345 e. The van der Waals surface area contributed by atoms with Crippen molar-refractivity contribution in [1.29, 1.82) is 0 Å². The maximum Gasteiger partial charge on any atom is 0.267 e. The number of carbonyl (C=O) groups excluding carboxylic acids is 3. The summed E-state index contributed by atoms with van der Waals surface area (Å²) >= 11 is 0. The van der Waals surface area contributed by atoms with Gasteiger partial charge >= 0.3 is 0 Å². The molecule has 1 heterocycles. The number of hydrogen-bond acceptors (Lipinski definition) is 4. The highest BCUT2D eigenvalue weighted by molar-refractivity contribution is 6.39. The summed E-state index contributed by atoms with van der Waals surface area (Å²) in [6, 6.07) is 0. The van der Waals surface area contributed by atoms with Gasteiger partial charge in [-0.15, -0.1) is 0 Å². The topological polar surface area (TPSA) is 90.9 Å². The number of rotatable bonds is 4. The number of nitrogens with one attached hydrogen (secondary N) is 2. The van der Waals surface area contributed by atoms with Gasteiger partial charge in [0.2, 0.25) is 11.8 Å². The Hall–Kier alpha value is -1.92. The van der Waals surface area contributed by atoms with Crippen LogP contribution in [0.5, 0.6) is 0 Å². The third-order valence-electron chi connectivity index (χ3n) is 2.47. The second kappa shape index (κ2) is 5.97. The van der Waals surface area contributed by atoms with Gasteiger partial charge in [0.25, 0.3) is 5.91 Å². The zero-order chi connectivity index (χ0) is 12.8. The van der Waals surface area contributed by atoms with E-state index in [2.05, 4.69) is 15.8 Å². The molecule has 17 heavy (non-hydrogen) atoms.